The summed E-state index contributed by atoms with van der Waals surface area (Å²) in [5.74, 6) is 0.0981. The number of thioether (sulfide) groups is 1. The monoisotopic (exact) mass is 214 g/mol. The molecule has 0 N–H and O–H groups in total. The van der Waals surface area contributed by atoms with Crippen LogP contribution in [0.1, 0.15) is 23.7 Å². The first-order valence-corrected chi connectivity index (χ1v) is 5.66. The molecule has 0 saturated carbocycles. The lowest BCUT2D eigenvalue weighted by Crippen LogP contribution is -1.97. The number of benzene rings is 1. The van der Waals surface area contributed by atoms with Gasteiger partial charge in [-0.25, -0.2) is 0 Å². The summed E-state index contributed by atoms with van der Waals surface area (Å²) in [7, 11) is 0. The Morgan fingerprint density at radius 3 is 2.77 bits per heavy atom. The Labute approximate surface area is 87.5 Å². The summed E-state index contributed by atoms with van der Waals surface area (Å²) >= 11 is 7.59. The maximum atomic E-state index is 11.4. The summed E-state index contributed by atoms with van der Waals surface area (Å²) in [6.07, 6.45) is 2.44. The molecule has 3 heteroatoms. The van der Waals surface area contributed by atoms with Crippen molar-refractivity contribution in [3.05, 3.63) is 28.8 Å². The molecule has 0 heterocycles. The molecule has 0 atom stereocenters. The second-order valence-corrected chi connectivity index (χ2v) is 3.82. The van der Waals surface area contributed by atoms with Gasteiger partial charge in [0.15, 0.2) is 5.78 Å². The Balaban J connectivity index is 3.15. The molecule has 0 fully saturated rings. The maximum absolute atomic E-state index is 11.4. The number of ketones is 1. The molecule has 0 aromatic heterocycles. The van der Waals surface area contributed by atoms with Crippen LogP contribution in [0.2, 0.25) is 5.02 Å². The number of halogens is 1. The van der Waals surface area contributed by atoms with Gasteiger partial charge in [-0.3, -0.25) is 4.79 Å². The van der Waals surface area contributed by atoms with E-state index in [1.54, 1.807) is 17.8 Å². The van der Waals surface area contributed by atoms with Crippen LogP contribution in [0.3, 0.4) is 0 Å². The van der Waals surface area contributed by atoms with Gasteiger partial charge in [-0.05, 0) is 18.4 Å². The molecule has 0 bridgehead atoms. The zero-order valence-electron chi connectivity index (χ0n) is 7.63. The van der Waals surface area contributed by atoms with Crippen molar-refractivity contribution >= 4 is 29.1 Å². The van der Waals surface area contributed by atoms with Gasteiger partial charge in [0, 0.05) is 16.9 Å². The molecule has 1 aromatic rings. The molecule has 0 aliphatic heterocycles. The molecule has 0 spiro atoms. The van der Waals surface area contributed by atoms with Gasteiger partial charge in [-0.15, -0.1) is 11.8 Å². The molecule has 0 amide bonds. The molecule has 1 rings (SSSR count). The summed E-state index contributed by atoms with van der Waals surface area (Å²) < 4.78 is 0. The van der Waals surface area contributed by atoms with Crippen molar-refractivity contribution in [2.75, 3.05) is 6.26 Å². The lowest BCUT2D eigenvalue weighted by atomic mass is 10.1. The van der Waals surface area contributed by atoms with E-state index in [0.29, 0.717) is 17.0 Å². The van der Waals surface area contributed by atoms with Crippen molar-refractivity contribution in [1.82, 2.24) is 0 Å². The smallest absolute Gasteiger partial charge is 0.164 e. The van der Waals surface area contributed by atoms with Crippen molar-refractivity contribution in [1.29, 1.82) is 0 Å². The Morgan fingerprint density at radius 1 is 1.54 bits per heavy atom. The lowest BCUT2D eigenvalue weighted by molar-refractivity contribution is 0.0988. The normalized spacial score (nSPS) is 10.1. The molecule has 70 valence electrons. The van der Waals surface area contributed by atoms with E-state index in [1.165, 1.54) is 0 Å². The Kier molecular flexibility index (Phi) is 3.82. The van der Waals surface area contributed by atoms with Crippen molar-refractivity contribution < 1.29 is 4.79 Å². The van der Waals surface area contributed by atoms with Gasteiger partial charge in [0.05, 0.1) is 5.02 Å². The van der Waals surface area contributed by atoms with Crippen LogP contribution in [0.4, 0.5) is 0 Å². The fraction of sp³-hybridized carbons (Fsp3) is 0.300. The SMILES string of the molecule is CCC(=O)c1cccc(SC)c1Cl. The molecular formula is C10H11ClOS. The van der Waals surface area contributed by atoms with Crippen LogP contribution in [0.5, 0.6) is 0 Å². The van der Waals surface area contributed by atoms with E-state index in [9.17, 15) is 4.79 Å². The Hall–Kier alpha value is -0.470. The van der Waals surface area contributed by atoms with Gasteiger partial charge < -0.3 is 0 Å². The fourth-order valence-corrected chi connectivity index (χ4v) is 2.04. The van der Waals surface area contributed by atoms with Crippen LogP contribution >= 0.6 is 23.4 Å². The minimum atomic E-state index is 0.0981. The van der Waals surface area contributed by atoms with Crippen molar-refractivity contribution in [3.8, 4) is 0 Å². The predicted octanol–water partition coefficient (Wildman–Crippen LogP) is 3.65. The molecule has 0 radical (unpaired) electrons. The van der Waals surface area contributed by atoms with E-state index in [2.05, 4.69) is 0 Å². The number of carbonyl (C=O) groups is 1. The van der Waals surface area contributed by atoms with Crippen molar-refractivity contribution in [2.24, 2.45) is 0 Å². The van der Waals surface area contributed by atoms with Crippen molar-refractivity contribution in [3.63, 3.8) is 0 Å². The first kappa shape index (κ1) is 10.6. The number of Topliss-reactive ketones (excluding diaryl/α,β-unsaturated/α-hetero) is 1. The average Bonchev–Trinajstić information content (AvgIpc) is 2.17. The average molecular weight is 215 g/mol. The topological polar surface area (TPSA) is 17.1 Å². The predicted molar refractivity (Wildman–Crippen MR) is 57.9 cm³/mol. The van der Waals surface area contributed by atoms with Gasteiger partial charge in [0.25, 0.3) is 0 Å². The van der Waals surface area contributed by atoms with E-state index in [1.807, 2.05) is 25.3 Å². The van der Waals surface area contributed by atoms with E-state index in [0.717, 1.165) is 4.90 Å². The third-order valence-corrected chi connectivity index (χ3v) is 3.10. The zero-order chi connectivity index (χ0) is 9.84. The summed E-state index contributed by atoms with van der Waals surface area (Å²) in [4.78, 5) is 12.4. The first-order valence-electron chi connectivity index (χ1n) is 4.06. The zero-order valence-corrected chi connectivity index (χ0v) is 9.21. The van der Waals surface area contributed by atoms with Gasteiger partial charge >= 0.3 is 0 Å². The highest BCUT2D eigenvalue weighted by Crippen LogP contribution is 2.28. The number of hydrogen-bond donors (Lipinski definition) is 0. The molecule has 1 aromatic carbocycles. The number of rotatable bonds is 3. The van der Waals surface area contributed by atoms with Crippen LogP contribution in [0, 0.1) is 0 Å². The van der Waals surface area contributed by atoms with Gasteiger partial charge in [0.2, 0.25) is 0 Å². The van der Waals surface area contributed by atoms with Crippen LogP contribution in [-0.2, 0) is 0 Å². The van der Waals surface area contributed by atoms with Gasteiger partial charge in [0.1, 0.15) is 0 Å². The largest absolute Gasteiger partial charge is 0.294 e. The van der Waals surface area contributed by atoms with E-state index in [4.69, 9.17) is 11.6 Å². The van der Waals surface area contributed by atoms with Gasteiger partial charge in [-0.1, -0.05) is 24.6 Å². The molecule has 13 heavy (non-hydrogen) atoms. The minimum absolute atomic E-state index is 0.0981. The second kappa shape index (κ2) is 4.68. The third kappa shape index (κ3) is 2.26. The van der Waals surface area contributed by atoms with Gasteiger partial charge in [-0.2, -0.15) is 0 Å². The fourth-order valence-electron chi connectivity index (χ4n) is 1.07. The highest BCUT2D eigenvalue weighted by atomic mass is 35.5. The summed E-state index contributed by atoms with van der Waals surface area (Å²) in [5.41, 5.74) is 0.635. The van der Waals surface area contributed by atoms with Crippen LogP contribution in [0.15, 0.2) is 23.1 Å². The quantitative estimate of drug-likeness (QED) is 0.564. The first-order chi connectivity index (χ1) is 6.20. The molecule has 0 aliphatic rings. The summed E-state index contributed by atoms with van der Waals surface area (Å²) in [6.45, 7) is 1.84. The highest BCUT2D eigenvalue weighted by molar-refractivity contribution is 7.98. The molecule has 1 nitrogen and oxygen atoms in total. The number of hydrogen-bond acceptors (Lipinski definition) is 2. The van der Waals surface area contributed by atoms with Crippen LogP contribution < -0.4 is 0 Å². The lowest BCUT2D eigenvalue weighted by Gasteiger charge is -2.04. The highest BCUT2D eigenvalue weighted by Gasteiger charge is 2.10. The standard InChI is InChI=1S/C10H11ClOS/c1-3-8(12)7-5-4-6-9(13-2)10(7)11/h4-6H,3H2,1-2H3. The molecule has 0 aliphatic carbocycles. The van der Waals surface area contributed by atoms with Crippen LogP contribution in [0.25, 0.3) is 0 Å². The van der Waals surface area contributed by atoms with E-state index < -0.39 is 0 Å². The second-order valence-electron chi connectivity index (χ2n) is 2.60. The third-order valence-electron chi connectivity index (χ3n) is 1.80. The van der Waals surface area contributed by atoms with E-state index >= 15 is 0 Å². The van der Waals surface area contributed by atoms with Crippen LogP contribution in [-0.4, -0.2) is 12.0 Å². The maximum Gasteiger partial charge on any atom is 0.164 e. The Bertz CT molecular complexity index is 323. The minimum Gasteiger partial charge on any atom is -0.294 e. The summed E-state index contributed by atoms with van der Waals surface area (Å²) in [5, 5.41) is 0.585. The van der Waals surface area contributed by atoms with E-state index in [-0.39, 0.29) is 5.78 Å². The Morgan fingerprint density at radius 2 is 2.23 bits per heavy atom. The molecule has 0 saturated heterocycles. The summed E-state index contributed by atoms with van der Waals surface area (Å²) in [6, 6.07) is 5.55. The molecule has 0 unspecified atom stereocenters. The molecular weight excluding hydrogens is 204 g/mol. The van der Waals surface area contributed by atoms with Crippen molar-refractivity contribution in [2.45, 2.75) is 18.2 Å². The number of carbonyl (C=O) groups excluding carboxylic acids is 1.